The zero-order chi connectivity index (χ0) is 25.4. The number of hydrogen-bond acceptors (Lipinski definition) is 5. The number of carbonyl (C=O) groups excluding carboxylic acids is 1. The molecule has 0 aliphatic carbocycles. The molecule has 35 heavy (non-hydrogen) atoms. The molecule has 1 heterocycles. The molecule has 1 atom stereocenters. The lowest BCUT2D eigenvalue weighted by atomic mass is 10.1. The Bertz CT molecular complexity index is 1210. The van der Waals surface area contributed by atoms with Crippen molar-refractivity contribution in [1.29, 1.82) is 0 Å². The molecule has 2 aromatic carbocycles. The van der Waals surface area contributed by atoms with E-state index in [2.05, 4.69) is 0 Å². The van der Waals surface area contributed by atoms with Crippen LogP contribution in [0.2, 0.25) is 10.0 Å². The largest absolute Gasteiger partial charge is 0.383 e. The lowest BCUT2D eigenvalue weighted by molar-refractivity contribution is 0.0673. The fourth-order valence-electron chi connectivity index (χ4n) is 4.11. The lowest BCUT2D eigenvalue weighted by Crippen LogP contribution is -2.39. The Balaban J connectivity index is 2.04. The van der Waals surface area contributed by atoms with Gasteiger partial charge in [-0.2, -0.15) is 0 Å². The molecule has 3 rings (SSSR count). The van der Waals surface area contributed by atoms with Crippen LogP contribution in [-0.2, 0) is 11.3 Å². The number of halogens is 2. The van der Waals surface area contributed by atoms with Crippen LogP contribution in [0.15, 0.2) is 47.3 Å². The molecule has 0 fully saturated rings. The summed E-state index contributed by atoms with van der Waals surface area (Å²) < 4.78 is 6.85. The second kappa shape index (κ2) is 13.0. The van der Waals surface area contributed by atoms with Crippen LogP contribution in [0.3, 0.4) is 0 Å². The van der Waals surface area contributed by atoms with Crippen molar-refractivity contribution < 1.29 is 9.53 Å². The van der Waals surface area contributed by atoms with Gasteiger partial charge in [-0.3, -0.25) is 14.2 Å². The zero-order valence-electron chi connectivity index (χ0n) is 20.2. The standard InChI is InChI=1S/C26H32Cl2N4O3/c1-18(24-30-23-10-6-5-9-21(23)26(34)32(24)15-16-35-2)31(14-8-4-3-7-13-29)25(33)20-12-11-19(27)17-22(20)28/h5-6,9-12,17-18H,3-4,7-8,13-16,29H2,1-2H3. The molecule has 1 unspecified atom stereocenters. The number of carbonyl (C=O) groups is 1. The molecule has 0 bridgehead atoms. The average Bonchev–Trinajstić information content (AvgIpc) is 2.85. The zero-order valence-corrected chi connectivity index (χ0v) is 21.7. The Labute approximate surface area is 215 Å². The van der Waals surface area contributed by atoms with Gasteiger partial charge in [-0.15, -0.1) is 0 Å². The van der Waals surface area contributed by atoms with E-state index in [0.29, 0.717) is 53.6 Å². The number of benzene rings is 2. The number of fused-ring (bicyclic) bond motifs is 1. The van der Waals surface area contributed by atoms with Crippen LogP contribution in [0.25, 0.3) is 10.9 Å². The molecule has 7 nitrogen and oxygen atoms in total. The molecule has 0 aliphatic heterocycles. The van der Waals surface area contributed by atoms with E-state index in [4.69, 9.17) is 38.7 Å². The van der Waals surface area contributed by atoms with E-state index in [-0.39, 0.29) is 16.5 Å². The quantitative estimate of drug-likeness (QED) is 0.338. The van der Waals surface area contributed by atoms with Crippen LogP contribution < -0.4 is 11.3 Å². The Hall–Kier alpha value is -2.45. The first-order valence-corrected chi connectivity index (χ1v) is 12.6. The Kier molecular flexibility index (Phi) is 10.1. The third-order valence-corrected chi connectivity index (χ3v) is 6.57. The van der Waals surface area contributed by atoms with E-state index in [0.717, 1.165) is 25.7 Å². The van der Waals surface area contributed by atoms with Gasteiger partial charge >= 0.3 is 0 Å². The minimum atomic E-state index is -0.488. The molecule has 0 spiro atoms. The smallest absolute Gasteiger partial charge is 0.261 e. The highest BCUT2D eigenvalue weighted by atomic mass is 35.5. The van der Waals surface area contributed by atoms with Crippen LogP contribution in [0.5, 0.6) is 0 Å². The molecule has 1 amide bonds. The second-order valence-electron chi connectivity index (χ2n) is 8.44. The van der Waals surface area contributed by atoms with Crippen molar-refractivity contribution in [3.63, 3.8) is 0 Å². The van der Waals surface area contributed by atoms with Crippen molar-refractivity contribution in [2.45, 2.75) is 45.2 Å². The number of methoxy groups -OCH3 is 1. The first-order chi connectivity index (χ1) is 16.9. The average molecular weight is 519 g/mol. The van der Waals surface area contributed by atoms with Gasteiger partial charge in [-0.05, 0) is 56.6 Å². The maximum atomic E-state index is 13.7. The van der Waals surface area contributed by atoms with Crippen LogP contribution >= 0.6 is 23.2 Å². The van der Waals surface area contributed by atoms with E-state index in [1.54, 1.807) is 40.8 Å². The summed E-state index contributed by atoms with van der Waals surface area (Å²) in [6, 6.07) is 11.6. The van der Waals surface area contributed by atoms with Crippen molar-refractivity contribution in [3.8, 4) is 0 Å². The van der Waals surface area contributed by atoms with Gasteiger partial charge < -0.3 is 15.4 Å². The molecule has 0 saturated heterocycles. The van der Waals surface area contributed by atoms with E-state index in [1.165, 1.54) is 0 Å². The third-order valence-electron chi connectivity index (χ3n) is 6.03. The van der Waals surface area contributed by atoms with Crippen molar-refractivity contribution in [2.75, 3.05) is 26.8 Å². The molecular formula is C26H32Cl2N4O3. The number of rotatable bonds is 12. The van der Waals surface area contributed by atoms with Crippen LogP contribution in [-0.4, -0.2) is 47.2 Å². The number of unbranched alkanes of at least 4 members (excludes halogenated alkanes) is 3. The summed E-state index contributed by atoms with van der Waals surface area (Å²) in [4.78, 5) is 33.6. The predicted octanol–water partition coefficient (Wildman–Crippen LogP) is 5.07. The summed E-state index contributed by atoms with van der Waals surface area (Å²) in [5.41, 5.74) is 6.41. The number of nitrogens with zero attached hydrogens (tertiary/aromatic N) is 3. The van der Waals surface area contributed by atoms with Gasteiger partial charge in [0.05, 0.1) is 40.7 Å². The summed E-state index contributed by atoms with van der Waals surface area (Å²) in [6.07, 6.45) is 3.65. The summed E-state index contributed by atoms with van der Waals surface area (Å²) in [5.74, 6) is 0.268. The van der Waals surface area contributed by atoms with Gasteiger partial charge in [0.25, 0.3) is 11.5 Å². The second-order valence-corrected chi connectivity index (χ2v) is 9.28. The summed E-state index contributed by atoms with van der Waals surface area (Å²) >= 11 is 12.4. The van der Waals surface area contributed by atoms with Crippen molar-refractivity contribution in [1.82, 2.24) is 14.5 Å². The highest BCUT2D eigenvalue weighted by Crippen LogP contribution is 2.27. The fourth-order valence-corrected chi connectivity index (χ4v) is 4.60. The molecule has 9 heteroatoms. The molecule has 3 aromatic rings. The SMILES string of the molecule is COCCn1c(C(C)N(CCCCCCN)C(=O)c2ccc(Cl)cc2Cl)nc2ccccc2c1=O. The summed E-state index contributed by atoms with van der Waals surface area (Å²) in [7, 11) is 1.59. The van der Waals surface area contributed by atoms with Gasteiger partial charge in [0.15, 0.2) is 0 Å². The molecule has 2 N–H and O–H groups in total. The molecule has 1 aromatic heterocycles. The maximum absolute atomic E-state index is 13.7. The molecule has 0 radical (unpaired) electrons. The number of aromatic nitrogens is 2. The van der Waals surface area contributed by atoms with Crippen molar-refractivity contribution in [3.05, 3.63) is 74.3 Å². The molecule has 0 aliphatic rings. The molecule has 0 saturated carbocycles. The van der Waals surface area contributed by atoms with Gasteiger partial charge in [-0.25, -0.2) is 4.98 Å². The lowest BCUT2D eigenvalue weighted by Gasteiger charge is -2.31. The first-order valence-electron chi connectivity index (χ1n) is 11.8. The van der Waals surface area contributed by atoms with Crippen LogP contribution in [0, 0.1) is 0 Å². The van der Waals surface area contributed by atoms with E-state index in [1.807, 2.05) is 25.1 Å². The number of nitrogens with two attached hydrogens (primary N) is 1. The normalized spacial score (nSPS) is 12.1. The highest BCUT2D eigenvalue weighted by Gasteiger charge is 2.28. The van der Waals surface area contributed by atoms with Gasteiger partial charge in [0, 0.05) is 18.7 Å². The monoisotopic (exact) mass is 518 g/mol. The van der Waals surface area contributed by atoms with Crippen molar-refractivity contribution >= 4 is 40.0 Å². The predicted molar refractivity (Wildman–Crippen MR) is 141 cm³/mol. The molecular weight excluding hydrogens is 487 g/mol. The van der Waals surface area contributed by atoms with E-state index in [9.17, 15) is 9.59 Å². The highest BCUT2D eigenvalue weighted by molar-refractivity contribution is 6.36. The molecule has 188 valence electrons. The number of ether oxygens (including phenoxy) is 1. The van der Waals surface area contributed by atoms with E-state index >= 15 is 0 Å². The van der Waals surface area contributed by atoms with E-state index < -0.39 is 6.04 Å². The minimum Gasteiger partial charge on any atom is -0.383 e. The Morgan fingerprint density at radius 1 is 1.14 bits per heavy atom. The number of amides is 1. The third kappa shape index (κ3) is 6.61. The minimum absolute atomic E-state index is 0.158. The summed E-state index contributed by atoms with van der Waals surface area (Å²) in [6.45, 7) is 3.69. The summed E-state index contributed by atoms with van der Waals surface area (Å²) in [5, 5.41) is 1.27. The van der Waals surface area contributed by atoms with Crippen LogP contribution in [0.1, 0.15) is 54.8 Å². The maximum Gasteiger partial charge on any atom is 0.261 e. The fraction of sp³-hybridized carbons (Fsp3) is 0.423. The number of para-hydroxylation sites is 1. The van der Waals surface area contributed by atoms with Crippen LogP contribution in [0.4, 0.5) is 0 Å². The first kappa shape index (κ1) is 27.1. The Morgan fingerprint density at radius 2 is 1.89 bits per heavy atom. The topological polar surface area (TPSA) is 90.4 Å². The van der Waals surface area contributed by atoms with Gasteiger partial charge in [0.1, 0.15) is 5.82 Å². The van der Waals surface area contributed by atoms with Gasteiger partial charge in [-0.1, -0.05) is 48.2 Å². The van der Waals surface area contributed by atoms with Gasteiger partial charge in [0.2, 0.25) is 0 Å². The Morgan fingerprint density at radius 3 is 2.60 bits per heavy atom. The number of hydrogen-bond donors (Lipinski definition) is 1. The van der Waals surface area contributed by atoms with Crippen molar-refractivity contribution in [2.24, 2.45) is 5.73 Å².